The number of sulfonamides is 1. The van der Waals surface area contributed by atoms with Crippen LogP contribution in [0.4, 0.5) is 10.8 Å². The molecule has 0 aliphatic carbocycles. The molecular formula is C9H16N4O2S3. The van der Waals surface area contributed by atoms with Crippen molar-refractivity contribution >= 4 is 44.1 Å². The van der Waals surface area contributed by atoms with Gasteiger partial charge in [-0.1, -0.05) is 0 Å². The normalized spacial score (nSPS) is 18.2. The average Bonchev–Trinajstić information content (AvgIpc) is 2.69. The summed E-state index contributed by atoms with van der Waals surface area (Å²) in [5.74, 6) is 0.563. The van der Waals surface area contributed by atoms with E-state index in [0.29, 0.717) is 32.0 Å². The quantitative estimate of drug-likeness (QED) is 0.821. The van der Waals surface area contributed by atoms with Gasteiger partial charge in [-0.05, 0) is 17.8 Å². The van der Waals surface area contributed by atoms with Gasteiger partial charge in [0.15, 0.2) is 5.82 Å². The molecule has 0 radical (unpaired) electrons. The SMILES string of the molecule is CSc1c(N)nsc1N1CCN(S(C)(=O)=O)CC1. The van der Waals surface area contributed by atoms with Crippen LogP contribution in [0.3, 0.4) is 0 Å². The van der Waals surface area contributed by atoms with Crippen LogP contribution < -0.4 is 10.6 Å². The highest BCUT2D eigenvalue weighted by Gasteiger charge is 2.26. The summed E-state index contributed by atoms with van der Waals surface area (Å²) in [6.45, 7) is 2.40. The van der Waals surface area contributed by atoms with Gasteiger partial charge in [0, 0.05) is 26.2 Å². The van der Waals surface area contributed by atoms with Crippen molar-refractivity contribution in [1.82, 2.24) is 8.68 Å². The van der Waals surface area contributed by atoms with E-state index in [2.05, 4.69) is 9.27 Å². The fourth-order valence-corrected chi connectivity index (χ4v) is 4.47. The van der Waals surface area contributed by atoms with Crippen molar-refractivity contribution in [1.29, 1.82) is 0 Å². The molecule has 1 aromatic heterocycles. The predicted molar refractivity (Wildman–Crippen MR) is 76.9 cm³/mol. The van der Waals surface area contributed by atoms with Gasteiger partial charge in [-0.25, -0.2) is 8.42 Å². The Kier molecular flexibility index (Phi) is 4.05. The van der Waals surface area contributed by atoms with Crippen LogP contribution >= 0.6 is 23.3 Å². The second-order valence-electron chi connectivity index (χ2n) is 4.06. The van der Waals surface area contributed by atoms with Gasteiger partial charge in [-0.3, -0.25) is 0 Å². The van der Waals surface area contributed by atoms with Gasteiger partial charge in [0.2, 0.25) is 10.0 Å². The van der Waals surface area contributed by atoms with Crippen LogP contribution in [0.1, 0.15) is 0 Å². The van der Waals surface area contributed by atoms with E-state index in [0.717, 1.165) is 9.90 Å². The zero-order chi connectivity index (χ0) is 13.3. The van der Waals surface area contributed by atoms with E-state index in [-0.39, 0.29) is 0 Å². The number of hydrogen-bond acceptors (Lipinski definition) is 7. The van der Waals surface area contributed by atoms with Crippen LogP contribution in [0.25, 0.3) is 0 Å². The van der Waals surface area contributed by atoms with Crippen molar-refractivity contribution in [2.24, 2.45) is 0 Å². The molecule has 2 N–H and O–H groups in total. The van der Waals surface area contributed by atoms with E-state index >= 15 is 0 Å². The average molecular weight is 308 g/mol. The Balaban J connectivity index is 2.10. The van der Waals surface area contributed by atoms with Crippen LogP contribution in [-0.4, -0.2) is 55.8 Å². The second kappa shape index (κ2) is 5.24. The number of nitrogens with zero attached hydrogens (tertiary/aromatic N) is 3. The van der Waals surface area contributed by atoms with Crippen molar-refractivity contribution < 1.29 is 8.42 Å². The highest BCUT2D eigenvalue weighted by Crippen LogP contribution is 2.37. The summed E-state index contributed by atoms with van der Waals surface area (Å²) < 4.78 is 28.5. The number of nitrogen functional groups attached to an aromatic ring is 1. The molecule has 2 heterocycles. The molecule has 1 aromatic rings. The third kappa shape index (κ3) is 2.73. The van der Waals surface area contributed by atoms with E-state index in [9.17, 15) is 8.42 Å². The zero-order valence-electron chi connectivity index (χ0n) is 10.3. The van der Waals surface area contributed by atoms with Gasteiger partial charge >= 0.3 is 0 Å². The summed E-state index contributed by atoms with van der Waals surface area (Å²) in [6, 6.07) is 0. The molecular weight excluding hydrogens is 292 g/mol. The number of piperazine rings is 1. The van der Waals surface area contributed by atoms with Gasteiger partial charge in [0.05, 0.1) is 11.2 Å². The standard InChI is InChI=1S/C9H16N4O2S3/c1-16-7-8(10)11-17-9(7)12-3-5-13(6-4-12)18(2,14)15/h3-6H2,1-2H3,(H2,10,11). The first-order valence-corrected chi connectivity index (χ1v) is 9.27. The largest absolute Gasteiger partial charge is 0.382 e. The molecule has 0 atom stereocenters. The Morgan fingerprint density at radius 2 is 1.94 bits per heavy atom. The first kappa shape index (κ1) is 13.9. The second-order valence-corrected chi connectivity index (χ2v) is 7.61. The molecule has 6 nitrogen and oxygen atoms in total. The number of aromatic nitrogens is 1. The van der Waals surface area contributed by atoms with E-state index in [1.807, 2.05) is 6.26 Å². The summed E-state index contributed by atoms with van der Waals surface area (Å²) in [4.78, 5) is 3.15. The van der Waals surface area contributed by atoms with Crippen molar-refractivity contribution in [3.8, 4) is 0 Å². The lowest BCUT2D eigenvalue weighted by molar-refractivity contribution is 0.388. The van der Waals surface area contributed by atoms with Crippen LogP contribution in [0, 0.1) is 0 Å². The first-order valence-electron chi connectivity index (χ1n) is 5.42. The number of nitrogens with two attached hydrogens (primary N) is 1. The van der Waals surface area contributed by atoms with Crippen LogP contribution in [0.2, 0.25) is 0 Å². The minimum Gasteiger partial charge on any atom is -0.382 e. The Labute approximate surface area is 115 Å². The molecule has 0 spiro atoms. The maximum atomic E-state index is 11.4. The summed E-state index contributed by atoms with van der Waals surface area (Å²) in [5.41, 5.74) is 5.80. The van der Waals surface area contributed by atoms with Gasteiger partial charge in [-0.15, -0.1) is 11.8 Å². The molecule has 0 bridgehead atoms. The zero-order valence-corrected chi connectivity index (χ0v) is 12.7. The Morgan fingerprint density at radius 1 is 1.33 bits per heavy atom. The fourth-order valence-electron chi connectivity index (χ4n) is 1.90. The molecule has 0 saturated carbocycles. The molecule has 1 aliphatic heterocycles. The number of anilines is 2. The van der Waals surface area contributed by atoms with E-state index in [1.165, 1.54) is 22.1 Å². The summed E-state index contributed by atoms with van der Waals surface area (Å²) in [6.07, 6.45) is 3.22. The molecule has 102 valence electrons. The minimum atomic E-state index is -3.08. The van der Waals surface area contributed by atoms with Crippen molar-refractivity contribution in [3.05, 3.63) is 0 Å². The minimum absolute atomic E-state index is 0.518. The van der Waals surface area contributed by atoms with Crippen molar-refractivity contribution in [2.75, 3.05) is 49.3 Å². The molecule has 9 heteroatoms. The highest BCUT2D eigenvalue weighted by atomic mass is 32.2. The van der Waals surface area contributed by atoms with Crippen LogP contribution in [0.15, 0.2) is 4.90 Å². The third-order valence-corrected chi connectivity index (χ3v) is 6.02. The van der Waals surface area contributed by atoms with Gasteiger partial charge < -0.3 is 10.6 Å². The summed E-state index contributed by atoms with van der Waals surface area (Å²) >= 11 is 2.96. The van der Waals surface area contributed by atoms with E-state index in [1.54, 1.807) is 11.8 Å². The molecule has 2 rings (SSSR count). The first-order chi connectivity index (χ1) is 8.43. The predicted octanol–water partition coefficient (Wildman–Crippen LogP) is 0.529. The third-order valence-electron chi connectivity index (χ3n) is 2.86. The summed E-state index contributed by atoms with van der Waals surface area (Å²) in [5, 5.41) is 1.05. The van der Waals surface area contributed by atoms with Crippen molar-refractivity contribution in [2.45, 2.75) is 4.90 Å². The Morgan fingerprint density at radius 3 is 2.44 bits per heavy atom. The molecule has 1 saturated heterocycles. The molecule has 1 fully saturated rings. The number of thioether (sulfide) groups is 1. The van der Waals surface area contributed by atoms with Gasteiger partial charge in [0.1, 0.15) is 5.00 Å². The molecule has 0 aromatic carbocycles. The monoisotopic (exact) mass is 308 g/mol. The van der Waals surface area contributed by atoms with E-state index in [4.69, 9.17) is 5.73 Å². The van der Waals surface area contributed by atoms with Crippen LogP contribution in [-0.2, 0) is 10.0 Å². The maximum Gasteiger partial charge on any atom is 0.211 e. The molecule has 0 amide bonds. The van der Waals surface area contributed by atoms with E-state index < -0.39 is 10.0 Å². The van der Waals surface area contributed by atoms with Gasteiger partial charge in [0.25, 0.3) is 0 Å². The highest BCUT2D eigenvalue weighted by molar-refractivity contribution is 7.99. The smallest absolute Gasteiger partial charge is 0.211 e. The fraction of sp³-hybridized carbons (Fsp3) is 0.667. The molecule has 0 unspecified atom stereocenters. The van der Waals surface area contributed by atoms with Gasteiger partial charge in [-0.2, -0.15) is 8.68 Å². The lowest BCUT2D eigenvalue weighted by atomic mass is 10.4. The summed E-state index contributed by atoms with van der Waals surface area (Å²) in [7, 11) is -3.08. The topological polar surface area (TPSA) is 79.5 Å². The molecule has 18 heavy (non-hydrogen) atoms. The number of rotatable bonds is 3. The lowest BCUT2D eigenvalue weighted by Crippen LogP contribution is -2.48. The lowest BCUT2D eigenvalue weighted by Gasteiger charge is -2.33. The Bertz CT molecular complexity index is 520. The van der Waals surface area contributed by atoms with Crippen molar-refractivity contribution in [3.63, 3.8) is 0 Å². The molecule has 1 aliphatic rings. The number of hydrogen-bond donors (Lipinski definition) is 1. The maximum absolute atomic E-state index is 11.4. The van der Waals surface area contributed by atoms with Crippen LogP contribution in [0.5, 0.6) is 0 Å². The Hall–Kier alpha value is -0.510.